The molecule has 1 unspecified atom stereocenters. The molecule has 2 heteroatoms. The number of benzene rings is 2. The monoisotopic (exact) mass is 276 g/mol. The summed E-state index contributed by atoms with van der Waals surface area (Å²) in [7, 11) is 4.34. The molecule has 1 aromatic heterocycles. The molecule has 0 bridgehead atoms. The first-order valence-electron chi connectivity index (χ1n) is 7.54. The Labute approximate surface area is 125 Å². The molecule has 0 amide bonds. The second-order valence-corrected chi connectivity index (χ2v) is 6.16. The van der Waals surface area contributed by atoms with Gasteiger partial charge in [0, 0.05) is 43.2 Å². The molecular weight excluding hydrogens is 256 g/mol. The van der Waals surface area contributed by atoms with Crippen molar-refractivity contribution < 1.29 is 0 Å². The minimum atomic E-state index is 0.464. The zero-order valence-electron chi connectivity index (χ0n) is 12.6. The maximum Gasteiger partial charge on any atom is 0.0480 e. The third kappa shape index (κ3) is 1.98. The number of fused-ring (bicyclic) bond motifs is 3. The Bertz CT molecular complexity index is 786. The van der Waals surface area contributed by atoms with E-state index in [-0.39, 0.29) is 0 Å². The summed E-state index contributed by atoms with van der Waals surface area (Å²) in [5.74, 6) is 0.464. The second kappa shape index (κ2) is 4.74. The average molecular weight is 276 g/mol. The van der Waals surface area contributed by atoms with E-state index < -0.39 is 0 Å². The lowest BCUT2D eigenvalue weighted by Gasteiger charge is -2.33. The second-order valence-electron chi connectivity index (χ2n) is 6.16. The van der Waals surface area contributed by atoms with E-state index in [2.05, 4.69) is 78.3 Å². The number of aryl methyl sites for hydroxylation is 1. The Morgan fingerprint density at radius 3 is 2.57 bits per heavy atom. The summed E-state index contributed by atoms with van der Waals surface area (Å²) in [6, 6.07) is 17.8. The van der Waals surface area contributed by atoms with Crippen LogP contribution in [0.3, 0.4) is 0 Å². The number of likely N-dealkylation sites (N-methyl/N-ethyl adjacent to an activating group) is 1. The maximum absolute atomic E-state index is 2.43. The van der Waals surface area contributed by atoms with Crippen LogP contribution in [0, 0.1) is 0 Å². The average Bonchev–Trinajstić information content (AvgIpc) is 2.88. The van der Waals surface area contributed by atoms with E-state index in [4.69, 9.17) is 0 Å². The summed E-state index contributed by atoms with van der Waals surface area (Å²) in [5.41, 5.74) is 5.74. The smallest absolute Gasteiger partial charge is 0.0480 e. The molecule has 2 nitrogen and oxygen atoms in total. The normalized spacial score (nSPS) is 18.9. The SMILES string of the molecule is CN1Cc2ccc3c(ccn3C)c2C(c2ccccc2)C1. The number of nitrogens with zero attached hydrogens (tertiary/aromatic N) is 2. The van der Waals surface area contributed by atoms with Crippen LogP contribution in [0.5, 0.6) is 0 Å². The fourth-order valence-electron chi connectivity index (χ4n) is 3.68. The van der Waals surface area contributed by atoms with Gasteiger partial charge in [-0.2, -0.15) is 0 Å². The van der Waals surface area contributed by atoms with Gasteiger partial charge in [0.25, 0.3) is 0 Å². The van der Waals surface area contributed by atoms with Crippen molar-refractivity contribution in [1.29, 1.82) is 0 Å². The van der Waals surface area contributed by atoms with Gasteiger partial charge >= 0.3 is 0 Å². The Hall–Kier alpha value is -2.06. The summed E-state index contributed by atoms with van der Waals surface area (Å²) in [6.07, 6.45) is 2.17. The first kappa shape index (κ1) is 12.7. The van der Waals surface area contributed by atoms with Crippen LogP contribution in [0.2, 0.25) is 0 Å². The van der Waals surface area contributed by atoms with Crippen LogP contribution >= 0.6 is 0 Å². The van der Waals surface area contributed by atoms with Gasteiger partial charge in [-0.3, -0.25) is 0 Å². The number of hydrogen-bond donors (Lipinski definition) is 0. The molecule has 0 radical (unpaired) electrons. The molecule has 1 atom stereocenters. The van der Waals surface area contributed by atoms with E-state index in [1.165, 1.54) is 27.6 Å². The Morgan fingerprint density at radius 1 is 0.952 bits per heavy atom. The Kier molecular flexibility index (Phi) is 2.86. The van der Waals surface area contributed by atoms with Crippen molar-refractivity contribution in [2.45, 2.75) is 12.5 Å². The van der Waals surface area contributed by atoms with Crippen molar-refractivity contribution in [3.8, 4) is 0 Å². The first-order valence-corrected chi connectivity index (χ1v) is 7.54. The van der Waals surface area contributed by atoms with Crippen LogP contribution in [0.1, 0.15) is 22.6 Å². The summed E-state index contributed by atoms with van der Waals surface area (Å²) < 4.78 is 2.22. The summed E-state index contributed by atoms with van der Waals surface area (Å²) >= 11 is 0. The predicted octanol–water partition coefficient (Wildman–Crippen LogP) is 3.76. The fraction of sp³-hybridized carbons (Fsp3) is 0.263. The van der Waals surface area contributed by atoms with Crippen molar-refractivity contribution in [3.63, 3.8) is 0 Å². The molecule has 1 aliphatic heterocycles. The molecule has 106 valence electrons. The predicted molar refractivity (Wildman–Crippen MR) is 87.5 cm³/mol. The topological polar surface area (TPSA) is 8.17 Å². The van der Waals surface area contributed by atoms with Gasteiger partial charge in [0.1, 0.15) is 0 Å². The number of hydrogen-bond acceptors (Lipinski definition) is 1. The van der Waals surface area contributed by atoms with Crippen LogP contribution in [0.4, 0.5) is 0 Å². The first-order chi connectivity index (χ1) is 10.2. The molecule has 0 saturated heterocycles. The molecule has 1 aliphatic rings. The van der Waals surface area contributed by atoms with Crippen LogP contribution in [0.25, 0.3) is 10.9 Å². The maximum atomic E-state index is 2.43. The lowest BCUT2D eigenvalue weighted by atomic mass is 9.83. The standard InChI is InChI=1S/C19H20N2/c1-20-12-15-8-9-18-16(10-11-21(18)2)19(15)17(13-20)14-6-4-3-5-7-14/h3-11,17H,12-13H2,1-2H3. The summed E-state index contributed by atoms with van der Waals surface area (Å²) in [4.78, 5) is 2.43. The highest BCUT2D eigenvalue weighted by atomic mass is 15.1. The third-order valence-corrected chi connectivity index (χ3v) is 4.68. The lowest BCUT2D eigenvalue weighted by Crippen LogP contribution is -2.31. The lowest BCUT2D eigenvalue weighted by molar-refractivity contribution is 0.296. The van der Waals surface area contributed by atoms with Gasteiger partial charge < -0.3 is 9.47 Å². The van der Waals surface area contributed by atoms with E-state index in [0.29, 0.717) is 5.92 Å². The molecule has 3 aromatic rings. The minimum Gasteiger partial charge on any atom is -0.351 e. The van der Waals surface area contributed by atoms with Crippen LogP contribution < -0.4 is 0 Å². The number of rotatable bonds is 1. The molecule has 0 N–H and O–H groups in total. The largest absolute Gasteiger partial charge is 0.351 e. The van der Waals surface area contributed by atoms with E-state index in [1.807, 2.05) is 0 Å². The zero-order chi connectivity index (χ0) is 14.4. The molecule has 21 heavy (non-hydrogen) atoms. The summed E-state index contributed by atoms with van der Waals surface area (Å²) in [6.45, 7) is 2.13. The van der Waals surface area contributed by atoms with Crippen molar-refractivity contribution in [3.05, 3.63) is 71.4 Å². The highest BCUT2D eigenvalue weighted by Gasteiger charge is 2.26. The highest BCUT2D eigenvalue weighted by molar-refractivity contribution is 5.86. The number of aromatic nitrogens is 1. The van der Waals surface area contributed by atoms with Crippen molar-refractivity contribution in [1.82, 2.24) is 9.47 Å². The minimum absolute atomic E-state index is 0.464. The van der Waals surface area contributed by atoms with Gasteiger partial charge in [-0.15, -0.1) is 0 Å². The van der Waals surface area contributed by atoms with Gasteiger partial charge in [0.15, 0.2) is 0 Å². The molecule has 4 rings (SSSR count). The molecule has 0 fully saturated rings. The molecule has 2 aromatic carbocycles. The molecule has 2 heterocycles. The van der Waals surface area contributed by atoms with Crippen LogP contribution in [-0.2, 0) is 13.6 Å². The Balaban J connectivity index is 1.98. The van der Waals surface area contributed by atoms with E-state index in [0.717, 1.165) is 13.1 Å². The van der Waals surface area contributed by atoms with Crippen LogP contribution in [0.15, 0.2) is 54.7 Å². The van der Waals surface area contributed by atoms with Crippen molar-refractivity contribution in [2.75, 3.05) is 13.6 Å². The van der Waals surface area contributed by atoms with E-state index >= 15 is 0 Å². The molecule has 0 aliphatic carbocycles. The van der Waals surface area contributed by atoms with Gasteiger partial charge in [0.2, 0.25) is 0 Å². The van der Waals surface area contributed by atoms with E-state index in [9.17, 15) is 0 Å². The quantitative estimate of drug-likeness (QED) is 0.657. The Morgan fingerprint density at radius 2 is 1.76 bits per heavy atom. The zero-order valence-corrected chi connectivity index (χ0v) is 12.6. The third-order valence-electron chi connectivity index (χ3n) is 4.68. The van der Waals surface area contributed by atoms with Gasteiger partial charge in [0.05, 0.1) is 0 Å². The van der Waals surface area contributed by atoms with Crippen molar-refractivity contribution in [2.24, 2.45) is 7.05 Å². The van der Waals surface area contributed by atoms with Gasteiger partial charge in [-0.05, 0) is 35.9 Å². The van der Waals surface area contributed by atoms with E-state index in [1.54, 1.807) is 0 Å². The molecular formula is C19H20N2. The fourth-order valence-corrected chi connectivity index (χ4v) is 3.68. The van der Waals surface area contributed by atoms with Crippen molar-refractivity contribution >= 4 is 10.9 Å². The van der Waals surface area contributed by atoms with Crippen LogP contribution in [-0.4, -0.2) is 23.1 Å². The van der Waals surface area contributed by atoms with Gasteiger partial charge in [-0.1, -0.05) is 36.4 Å². The molecule has 0 spiro atoms. The molecule has 0 saturated carbocycles. The highest BCUT2D eigenvalue weighted by Crippen LogP contribution is 2.38. The van der Waals surface area contributed by atoms with Gasteiger partial charge in [-0.25, -0.2) is 0 Å². The summed E-state index contributed by atoms with van der Waals surface area (Å²) in [5, 5.41) is 1.41.